The third-order valence-electron chi connectivity index (χ3n) is 1.50. The van der Waals surface area contributed by atoms with E-state index >= 15 is 0 Å². The van der Waals surface area contributed by atoms with Crippen LogP contribution in [-0.4, -0.2) is 0 Å². The molecule has 0 aliphatic carbocycles. The fourth-order valence-corrected chi connectivity index (χ4v) is 0.818. The van der Waals surface area contributed by atoms with Crippen molar-refractivity contribution >= 4 is 0 Å². The molecule has 0 aliphatic rings. The van der Waals surface area contributed by atoms with E-state index in [0.717, 1.165) is 19.3 Å². The smallest absolute Gasteiger partial charge is 0.0166 e. The molecule has 0 unspecified atom stereocenters. The summed E-state index contributed by atoms with van der Waals surface area (Å²) in [5, 5.41) is 0. The van der Waals surface area contributed by atoms with Crippen molar-refractivity contribution in [1.82, 2.24) is 0 Å². The molecule has 0 aromatic heterocycles. The summed E-state index contributed by atoms with van der Waals surface area (Å²) in [6.45, 7) is 5.75. The molecule has 1 radical (unpaired) electrons. The molecule has 0 amide bonds. The van der Waals surface area contributed by atoms with Gasteiger partial charge in [0.15, 0.2) is 0 Å². The van der Waals surface area contributed by atoms with Gasteiger partial charge in [0, 0.05) is 0 Å². The van der Waals surface area contributed by atoms with Crippen molar-refractivity contribution in [3.63, 3.8) is 0 Å². The van der Waals surface area contributed by atoms with Crippen molar-refractivity contribution in [3.05, 3.63) is 55.5 Å². The third kappa shape index (κ3) is 11.0. The summed E-state index contributed by atoms with van der Waals surface area (Å²) in [5.41, 5.74) is 0. The highest BCUT2D eigenvalue weighted by molar-refractivity contribution is 5.05. The van der Waals surface area contributed by atoms with E-state index in [0.29, 0.717) is 0 Å². The van der Waals surface area contributed by atoms with Crippen LogP contribution in [-0.2, 0) is 0 Å². The zero-order chi connectivity index (χ0) is 9.78. The molecular formula is C13H19. The monoisotopic (exact) mass is 175 g/mol. The first-order valence-corrected chi connectivity index (χ1v) is 4.79. The molecule has 71 valence electrons. The lowest BCUT2D eigenvalue weighted by atomic mass is 10.3. The molecule has 0 bridgehead atoms. The zero-order valence-corrected chi connectivity index (χ0v) is 8.45. The number of allylic oxidation sites excluding steroid dienone is 8. The average Bonchev–Trinajstić information content (AvgIpc) is 2.16. The van der Waals surface area contributed by atoms with Crippen LogP contribution in [0.25, 0.3) is 0 Å². The molecule has 0 aliphatic heterocycles. The summed E-state index contributed by atoms with van der Waals surface area (Å²) < 4.78 is 0. The minimum absolute atomic E-state index is 0.863. The quantitative estimate of drug-likeness (QED) is 0.418. The Hall–Kier alpha value is -1.04. The largest absolute Gasteiger partial charge is 0.0914 e. The lowest BCUT2D eigenvalue weighted by Gasteiger charge is -1.81. The first kappa shape index (κ1) is 12.0. The number of hydrogen-bond acceptors (Lipinski definition) is 0. The van der Waals surface area contributed by atoms with Gasteiger partial charge in [-0.1, -0.05) is 48.6 Å². The highest BCUT2D eigenvalue weighted by atomic mass is 13.8. The maximum atomic E-state index is 3.71. The molecule has 0 aromatic carbocycles. The van der Waals surface area contributed by atoms with Crippen LogP contribution in [0.2, 0.25) is 0 Å². The van der Waals surface area contributed by atoms with Crippen LogP contribution in [0.5, 0.6) is 0 Å². The van der Waals surface area contributed by atoms with Crippen LogP contribution in [0.4, 0.5) is 0 Å². The van der Waals surface area contributed by atoms with E-state index in [-0.39, 0.29) is 0 Å². The van der Waals surface area contributed by atoms with Crippen LogP contribution in [0.3, 0.4) is 0 Å². The van der Waals surface area contributed by atoms with E-state index in [4.69, 9.17) is 0 Å². The molecule has 0 nitrogen and oxygen atoms in total. The molecular weight excluding hydrogens is 156 g/mol. The lowest BCUT2D eigenvalue weighted by molar-refractivity contribution is 1.30. The molecule has 0 heterocycles. The SMILES string of the molecule is [CH2]CC=CC=CCC=CCC=CC. The van der Waals surface area contributed by atoms with E-state index in [1.165, 1.54) is 0 Å². The van der Waals surface area contributed by atoms with Gasteiger partial charge >= 0.3 is 0 Å². The normalized spacial score (nSPS) is 13.1. The van der Waals surface area contributed by atoms with Crippen molar-refractivity contribution in [2.24, 2.45) is 0 Å². The van der Waals surface area contributed by atoms with Crippen molar-refractivity contribution in [3.8, 4) is 0 Å². The van der Waals surface area contributed by atoms with Crippen LogP contribution < -0.4 is 0 Å². The molecule has 0 saturated heterocycles. The van der Waals surface area contributed by atoms with Crippen molar-refractivity contribution < 1.29 is 0 Å². The third-order valence-corrected chi connectivity index (χ3v) is 1.50. The maximum Gasteiger partial charge on any atom is -0.0166 e. The molecule has 0 rings (SSSR count). The van der Waals surface area contributed by atoms with Crippen molar-refractivity contribution in [2.75, 3.05) is 0 Å². The Bertz CT molecular complexity index is 192. The molecule has 0 aromatic rings. The van der Waals surface area contributed by atoms with Crippen LogP contribution in [0.1, 0.15) is 26.2 Å². The summed E-state index contributed by atoms with van der Waals surface area (Å²) >= 11 is 0. The summed E-state index contributed by atoms with van der Waals surface area (Å²) in [4.78, 5) is 0. The van der Waals surface area contributed by atoms with E-state index in [2.05, 4.69) is 43.4 Å². The Labute approximate surface area is 82.4 Å². The van der Waals surface area contributed by atoms with Gasteiger partial charge in [0.05, 0.1) is 0 Å². The van der Waals surface area contributed by atoms with Crippen LogP contribution in [0, 0.1) is 6.92 Å². The first-order valence-electron chi connectivity index (χ1n) is 4.79. The van der Waals surface area contributed by atoms with E-state index in [9.17, 15) is 0 Å². The molecule has 0 saturated carbocycles. The van der Waals surface area contributed by atoms with Gasteiger partial charge in [0.2, 0.25) is 0 Å². The fraction of sp³-hybridized carbons (Fsp3) is 0.308. The Morgan fingerprint density at radius 2 is 1.46 bits per heavy atom. The first-order chi connectivity index (χ1) is 6.41. The lowest BCUT2D eigenvalue weighted by Crippen LogP contribution is -1.60. The second-order valence-electron chi connectivity index (χ2n) is 2.66. The average molecular weight is 175 g/mol. The van der Waals surface area contributed by atoms with Gasteiger partial charge in [-0.2, -0.15) is 0 Å². The molecule has 0 heteroatoms. The second kappa shape index (κ2) is 11.0. The van der Waals surface area contributed by atoms with Crippen molar-refractivity contribution in [1.29, 1.82) is 0 Å². The second-order valence-corrected chi connectivity index (χ2v) is 2.66. The predicted octanol–water partition coefficient (Wildman–Crippen LogP) is 4.24. The Balaban J connectivity index is 3.38. The summed E-state index contributed by atoms with van der Waals surface area (Å²) in [5.74, 6) is 0. The van der Waals surface area contributed by atoms with Gasteiger partial charge in [-0.25, -0.2) is 0 Å². The minimum Gasteiger partial charge on any atom is -0.0914 e. The minimum atomic E-state index is 0.863. The van der Waals surface area contributed by atoms with Gasteiger partial charge in [0.25, 0.3) is 0 Å². The van der Waals surface area contributed by atoms with E-state index < -0.39 is 0 Å². The number of rotatable bonds is 6. The van der Waals surface area contributed by atoms with Crippen molar-refractivity contribution in [2.45, 2.75) is 26.2 Å². The van der Waals surface area contributed by atoms with Crippen LogP contribution in [0.15, 0.2) is 48.6 Å². The number of hydrogen-bond donors (Lipinski definition) is 0. The van der Waals surface area contributed by atoms with Gasteiger partial charge in [-0.05, 0) is 33.1 Å². The highest BCUT2D eigenvalue weighted by Crippen LogP contribution is 1.91. The van der Waals surface area contributed by atoms with Gasteiger partial charge in [0.1, 0.15) is 0 Å². The molecule has 0 fully saturated rings. The van der Waals surface area contributed by atoms with Gasteiger partial charge in [-0.15, -0.1) is 0 Å². The Morgan fingerprint density at radius 1 is 0.846 bits per heavy atom. The fourth-order valence-electron chi connectivity index (χ4n) is 0.818. The molecule has 0 atom stereocenters. The van der Waals surface area contributed by atoms with E-state index in [1.807, 2.05) is 19.1 Å². The summed E-state index contributed by atoms with van der Waals surface area (Å²) in [6.07, 6.45) is 19.7. The molecule has 0 spiro atoms. The van der Waals surface area contributed by atoms with Gasteiger partial charge < -0.3 is 0 Å². The Kier molecular flexibility index (Phi) is 10.1. The summed E-state index contributed by atoms with van der Waals surface area (Å²) in [6, 6.07) is 0. The highest BCUT2D eigenvalue weighted by Gasteiger charge is 1.70. The zero-order valence-electron chi connectivity index (χ0n) is 8.45. The topological polar surface area (TPSA) is 0 Å². The van der Waals surface area contributed by atoms with Gasteiger partial charge in [-0.3, -0.25) is 0 Å². The predicted molar refractivity (Wildman–Crippen MR) is 61.4 cm³/mol. The maximum absolute atomic E-state index is 3.71. The van der Waals surface area contributed by atoms with E-state index in [1.54, 1.807) is 0 Å². The molecule has 0 N–H and O–H groups in total. The Morgan fingerprint density at radius 3 is 2.08 bits per heavy atom. The summed E-state index contributed by atoms with van der Waals surface area (Å²) in [7, 11) is 0. The van der Waals surface area contributed by atoms with Crippen LogP contribution >= 0.6 is 0 Å². The molecule has 13 heavy (non-hydrogen) atoms. The standard InChI is InChI=1S/C13H19/c1-3-5-7-9-11-13-12-10-8-6-4-2/h4-7,9-12H,1,3,8,13H2,2H3.